The van der Waals surface area contributed by atoms with Gasteiger partial charge in [-0.1, -0.05) is 24.3 Å². The first-order valence-corrected chi connectivity index (χ1v) is 9.39. The van der Waals surface area contributed by atoms with Crippen LogP contribution < -0.4 is 20.7 Å². The van der Waals surface area contributed by atoms with Crippen molar-refractivity contribution in [3.8, 4) is 11.5 Å². The molecule has 0 radical (unpaired) electrons. The third-order valence-corrected chi connectivity index (χ3v) is 4.58. The van der Waals surface area contributed by atoms with Crippen LogP contribution >= 0.6 is 0 Å². The minimum absolute atomic E-state index is 0.170. The highest BCUT2D eigenvalue weighted by Gasteiger charge is 2.08. The maximum atomic E-state index is 13.3. The van der Waals surface area contributed by atoms with E-state index in [9.17, 15) is 14.0 Å². The number of ether oxygens (including phenoxy) is 2. The summed E-state index contributed by atoms with van der Waals surface area (Å²) in [5.74, 6) is 0.559. The van der Waals surface area contributed by atoms with Crippen LogP contribution in [0.1, 0.15) is 11.1 Å². The molecule has 4 rings (SSSR count). The Hall–Kier alpha value is -4.20. The minimum atomic E-state index is -0.637. The number of rotatable bonds is 6. The molecule has 0 unspecified atom stereocenters. The Morgan fingerprint density at radius 3 is 2.68 bits per heavy atom. The third kappa shape index (κ3) is 4.37. The predicted molar refractivity (Wildman–Crippen MR) is 116 cm³/mol. The molecule has 0 saturated heterocycles. The number of methoxy groups -OCH3 is 1. The van der Waals surface area contributed by atoms with Gasteiger partial charge >= 0.3 is 5.69 Å². The van der Waals surface area contributed by atoms with E-state index in [4.69, 9.17) is 9.47 Å². The maximum Gasteiger partial charge on any atom is 0.349 e. The van der Waals surface area contributed by atoms with Crippen LogP contribution in [0.5, 0.6) is 11.5 Å². The van der Waals surface area contributed by atoms with Gasteiger partial charge in [0, 0.05) is 0 Å². The molecule has 0 saturated carbocycles. The molecule has 1 heterocycles. The van der Waals surface area contributed by atoms with Crippen molar-refractivity contribution in [2.24, 2.45) is 5.10 Å². The second kappa shape index (κ2) is 8.66. The van der Waals surface area contributed by atoms with Crippen LogP contribution in [0.3, 0.4) is 0 Å². The summed E-state index contributed by atoms with van der Waals surface area (Å²) in [7, 11) is 1.49. The fourth-order valence-corrected chi connectivity index (χ4v) is 3.05. The minimum Gasteiger partial charge on any atom is -0.493 e. The lowest BCUT2D eigenvalue weighted by molar-refractivity contribution is 0.284. The standard InChI is InChI=1S/C23H18FN3O4/c1-30-21-12-15(9-10-20(21)31-14-16-5-4-6-17(24)11-16)13-25-27-22(28)18-7-2-3-8-19(18)26-23(27)29/h2-13H,14H2,1H3,(H,26,29). The van der Waals surface area contributed by atoms with Gasteiger partial charge in [0.15, 0.2) is 11.5 Å². The van der Waals surface area contributed by atoms with E-state index in [-0.39, 0.29) is 12.4 Å². The van der Waals surface area contributed by atoms with Crippen LogP contribution in [0.2, 0.25) is 0 Å². The Labute approximate surface area is 176 Å². The van der Waals surface area contributed by atoms with E-state index < -0.39 is 11.2 Å². The first-order valence-electron chi connectivity index (χ1n) is 9.39. The molecule has 8 heteroatoms. The van der Waals surface area contributed by atoms with Gasteiger partial charge in [-0.25, -0.2) is 9.18 Å². The van der Waals surface area contributed by atoms with E-state index in [1.807, 2.05) is 0 Å². The second-order valence-corrected chi connectivity index (χ2v) is 6.67. The van der Waals surface area contributed by atoms with Crippen LogP contribution in [-0.4, -0.2) is 23.0 Å². The molecule has 7 nitrogen and oxygen atoms in total. The molecule has 0 fully saturated rings. The number of para-hydroxylation sites is 1. The van der Waals surface area contributed by atoms with E-state index in [1.165, 1.54) is 25.5 Å². The summed E-state index contributed by atoms with van der Waals surface area (Å²) in [5, 5.41) is 4.39. The van der Waals surface area contributed by atoms with E-state index in [1.54, 1.807) is 54.6 Å². The Morgan fingerprint density at radius 1 is 1.03 bits per heavy atom. The highest BCUT2D eigenvalue weighted by Crippen LogP contribution is 2.28. The van der Waals surface area contributed by atoms with E-state index in [0.29, 0.717) is 33.5 Å². The number of aromatic amines is 1. The molecule has 1 N–H and O–H groups in total. The Bertz CT molecular complexity index is 1390. The fourth-order valence-electron chi connectivity index (χ4n) is 3.05. The van der Waals surface area contributed by atoms with E-state index in [2.05, 4.69) is 10.1 Å². The second-order valence-electron chi connectivity index (χ2n) is 6.67. The molecule has 0 spiro atoms. The number of halogens is 1. The van der Waals surface area contributed by atoms with Crippen molar-refractivity contribution in [3.05, 3.63) is 105 Å². The van der Waals surface area contributed by atoms with Gasteiger partial charge in [-0.2, -0.15) is 5.10 Å². The Morgan fingerprint density at radius 2 is 1.87 bits per heavy atom. The highest BCUT2D eigenvalue weighted by atomic mass is 19.1. The number of benzene rings is 3. The zero-order chi connectivity index (χ0) is 21.8. The van der Waals surface area contributed by atoms with Crippen molar-refractivity contribution in [2.45, 2.75) is 6.61 Å². The topological polar surface area (TPSA) is 85.7 Å². The van der Waals surface area contributed by atoms with E-state index >= 15 is 0 Å². The summed E-state index contributed by atoms with van der Waals surface area (Å²) >= 11 is 0. The van der Waals surface area contributed by atoms with Gasteiger partial charge in [-0.3, -0.25) is 4.79 Å². The molecule has 0 amide bonds. The first-order chi connectivity index (χ1) is 15.0. The van der Waals surface area contributed by atoms with Gasteiger partial charge in [0.2, 0.25) is 0 Å². The van der Waals surface area contributed by atoms with Crippen LogP contribution in [0.25, 0.3) is 10.9 Å². The molecule has 0 atom stereocenters. The number of nitrogens with zero attached hydrogens (tertiary/aromatic N) is 2. The SMILES string of the molecule is COc1cc(C=Nn2c(=O)[nH]c3ccccc3c2=O)ccc1OCc1cccc(F)c1. The lowest BCUT2D eigenvalue weighted by Gasteiger charge is -2.11. The van der Waals surface area contributed by atoms with Gasteiger partial charge in [0.05, 0.1) is 24.2 Å². The molecule has 3 aromatic carbocycles. The quantitative estimate of drug-likeness (QED) is 0.486. The average Bonchev–Trinajstić information content (AvgIpc) is 2.78. The summed E-state index contributed by atoms with van der Waals surface area (Å²) in [4.78, 5) is 27.4. The Kier molecular flexibility index (Phi) is 5.61. The van der Waals surface area contributed by atoms with Crippen LogP contribution in [-0.2, 0) is 6.61 Å². The Balaban J connectivity index is 1.58. The van der Waals surface area contributed by atoms with Gasteiger partial charge in [-0.15, -0.1) is 4.68 Å². The molecule has 0 aliphatic carbocycles. The summed E-state index contributed by atoms with van der Waals surface area (Å²) < 4.78 is 25.2. The molecule has 1 aromatic heterocycles. The zero-order valence-corrected chi connectivity index (χ0v) is 16.5. The normalized spacial score (nSPS) is 11.2. The van der Waals surface area contributed by atoms with Crippen LogP contribution in [0.4, 0.5) is 4.39 Å². The van der Waals surface area contributed by atoms with Gasteiger partial charge in [0.1, 0.15) is 12.4 Å². The first kappa shape index (κ1) is 20.1. The highest BCUT2D eigenvalue weighted by molar-refractivity contribution is 5.81. The van der Waals surface area contributed by atoms with Crippen molar-refractivity contribution in [1.82, 2.24) is 9.66 Å². The number of nitrogens with one attached hydrogen (secondary N) is 1. The van der Waals surface area contributed by atoms with Gasteiger partial charge in [-0.05, 0) is 53.6 Å². The van der Waals surface area contributed by atoms with Crippen molar-refractivity contribution in [3.63, 3.8) is 0 Å². The smallest absolute Gasteiger partial charge is 0.349 e. The largest absolute Gasteiger partial charge is 0.493 e. The predicted octanol–water partition coefficient (Wildman–Crippen LogP) is 3.30. The molecular weight excluding hydrogens is 401 g/mol. The fraction of sp³-hybridized carbons (Fsp3) is 0.0870. The monoisotopic (exact) mass is 419 g/mol. The zero-order valence-electron chi connectivity index (χ0n) is 16.5. The van der Waals surface area contributed by atoms with Crippen molar-refractivity contribution in [2.75, 3.05) is 7.11 Å². The molecule has 4 aromatic rings. The summed E-state index contributed by atoms with van der Waals surface area (Å²) in [6.45, 7) is 0.170. The number of aromatic nitrogens is 2. The number of hydrogen-bond acceptors (Lipinski definition) is 5. The number of fused-ring (bicyclic) bond motifs is 1. The molecule has 0 aliphatic heterocycles. The summed E-state index contributed by atoms with van der Waals surface area (Å²) in [6.07, 6.45) is 1.38. The number of H-pyrrole nitrogens is 1. The lowest BCUT2D eigenvalue weighted by atomic mass is 10.2. The van der Waals surface area contributed by atoms with Crippen molar-refractivity contribution in [1.29, 1.82) is 0 Å². The summed E-state index contributed by atoms with van der Waals surface area (Å²) in [6, 6.07) is 17.9. The molecule has 0 bridgehead atoms. The van der Waals surface area contributed by atoms with Crippen molar-refractivity contribution >= 4 is 17.1 Å². The van der Waals surface area contributed by atoms with Crippen LogP contribution in [0, 0.1) is 5.82 Å². The van der Waals surface area contributed by atoms with E-state index in [0.717, 1.165) is 4.68 Å². The van der Waals surface area contributed by atoms with Crippen LogP contribution in [0.15, 0.2) is 81.4 Å². The maximum absolute atomic E-state index is 13.3. The number of hydrogen-bond donors (Lipinski definition) is 1. The third-order valence-electron chi connectivity index (χ3n) is 4.58. The molecule has 0 aliphatic rings. The average molecular weight is 419 g/mol. The molecule has 31 heavy (non-hydrogen) atoms. The lowest BCUT2D eigenvalue weighted by Crippen LogP contribution is -2.32. The molecule has 156 valence electrons. The van der Waals surface area contributed by atoms with Crippen molar-refractivity contribution < 1.29 is 13.9 Å². The summed E-state index contributed by atoms with van der Waals surface area (Å²) in [5.41, 5.74) is 0.571. The van der Waals surface area contributed by atoms with Gasteiger partial charge < -0.3 is 14.5 Å². The molecular formula is C23H18FN3O4. The van der Waals surface area contributed by atoms with Gasteiger partial charge in [0.25, 0.3) is 5.56 Å².